The summed E-state index contributed by atoms with van der Waals surface area (Å²) >= 11 is 0. The zero-order chi connectivity index (χ0) is 15.7. The number of allylic oxidation sites excluding steroid dienone is 1. The van der Waals surface area contributed by atoms with E-state index in [1.54, 1.807) is 0 Å². The average molecular weight is 304 g/mol. The Labute approximate surface area is 118 Å². The normalized spacial score (nSPS) is 17.3. The van der Waals surface area contributed by atoms with Gasteiger partial charge in [-0.25, -0.2) is 4.79 Å². The number of hydrogen-bond acceptors (Lipinski definition) is 3. The van der Waals surface area contributed by atoms with E-state index < -0.39 is 23.6 Å². The minimum absolute atomic E-state index is 0.348. The Kier molecular flexibility index (Phi) is 3.93. The lowest BCUT2D eigenvalue weighted by Gasteiger charge is -2.13. The van der Waals surface area contributed by atoms with Gasteiger partial charge in [0.1, 0.15) is 5.75 Å². The van der Waals surface area contributed by atoms with E-state index in [9.17, 15) is 22.4 Å². The Morgan fingerprint density at radius 1 is 1.24 bits per heavy atom. The van der Waals surface area contributed by atoms with Crippen LogP contribution in [0.1, 0.15) is 18.4 Å². The van der Waals surface area contributed by atoms with Gasteiger partial charge in [-0.05, 0) is 36.6 Å². The Balaban J connectivity index is 2.17. The largest absolute Gasteiger partial charge is 0.573 e. The van der Waals surface area contributed by atoms with Crippen LogP contribution in [-0.4, -0.2) is 19.4 Å². The molecule has 21 heavy (non-hydrogen) atoms. The van der Waals surface area contributed by atoms with Gasteiger partial charge >= 0.3 is 12.3 Å². The maximum Gasteiger partial charge on any atom is 0.573 e. The highest BCUT2D eigenvalue weighted by Crippen LogP contribution is 2.50. The van der Waals surface area contributed by atoms with Gasteiger partial charge in [0.25, 0.3) is 0 Å². The molecule has 0 heterocycles. The first-order valence-electron chi connectivity index (χ1n) is 6.09. The second-order valence-corrected chi connectivity index (χ2v) is 4.71. The fraction of sp³-hybridized carbons (Fsp3) is 0.357. The van der Waals surface area contributed by atoms with Gasteiger partial charge in [-0.1, -0.05) is 12.1 Å². The van der Waals surface area contributed by atoms with Crippen molar-refractivity contribution in [1.82, 2.24) is 0 Å². The number of hydrogen-bond donors (Lipinski definition) is 0. The smallest absolute Gasteiger partial charge is 0.464 e. The van der Waals surface area contributed by atoms with Crippen molar-refractivity contribution in [2.45, 2.75) is 24.6 Å². The van der Waals surface area contributed by atoms with E-state index in [-0.39, 0.29) is 5.75 Å². The van der Waals surface area contributed by atoms with Gasteiger partial charge in [-0.3, -0.25) is 0 Å². The van der Waals surface area contributed by atoms with E-state index in [1.165, 1.54) is 12.1 Å². The summed E-state index contributed by atoms with van der Waals surface area (Å²) < 4.78 is 57.7. The molecule has 1 aliphatic rings. The first kappa shape index (κ1) is 15.3. The van der Waals surface area contributed by atoms with Crippen LogP contribution in [0, 0.1) is 0 Å². The number of esters is 1. The molecule has 0 spiro atoms. The topological polar surface area (TPSA) is 35.5 Å². The van der Waals surface area contributed by atoms with Crippen molar-refractivity contribution in [3.63, 3.8) is 0 Å². The molecule has 1 saturated carbocycles. The van der Waals surface area contributed by atoms with Crippen molar-refractivity contribution in [2.24, 2.45) is 0 Å². The molecule has 0 aliphatic heterocycles. The van der Waals surface area contributed by atoms with E-state index in [2.05, 4.69) is 9.47 Å². The summed E-state index contributed by atoms with van der Waals surface area (Å²) in [5, 5.41) is 0. The Morgan fingerprint density at radius 3 is 2.24 bits per heavy atom. The highest BCUT2D eigenvalue weighted by Gasteiger charge is 2.43. The average Bonchev–Trinajstić information content (AvgIpc) is 3.17. The lowest BCUT2D eigenvalue weighted by Crippen LogP contribution is -2.17. The number of methoxy groups -OCH3 is 1. The van der Waals surface area contributed by atoms with Crippen LogP contribution in [0.25, 0.3) is 0 Å². The first-order chi connectivity index (χ1) is 9.76. The Bertz CT molecular complexity index is 557. The third kappa shape index (κ3) is 3.74. The van der Waals surface area contributed by atoms with Gasteiger partial charge in [0, 0.05) is 5.41 Å². The zero-order valence-electron chi connectivity index (χ0n) is 11.0. The first-order valence-corrected chi connectivity index (χ1v) is 6.09. The number of ether oxygens (including phenoxy) is 2. The zero-order valence-corrected chi connectivity index (χ0v) is 11.0. The minimum atomic E-state index is -4.75. The van der Waals surface area contributed by atoms with Gasteiger partial charge in [0.15, 0.2) is 0 Å². The molecule has 0 aromatic heterocycles. The number of carbonyl (C=O) groups excluding carboxylic acids is 1. The van der Waals surface area contributed by atoms with Crippen LogP contribution in [0.2, 0.25) is 0 Å². The second kappa shape index (κ2) is 5.38. The van der Waals surface area contributed by atoms with Crippen LogP contribution < -0.4 is 4.74 Å². The summed E-state index contributed by atoms with van der Waals surface area (Å²) in [6.45, 7) is 0. The molecule has 3 nitrogen and oxygen atoms in total. The molecule has 0 radical (unpaired) electrons. The lowest BCUT2D eigenvalue weighted by molar-refractivity contribution is -0.274. The van der Waals surface area contributed by atoms with E-state index >= 15 is 0 Å². The van der Waals surface area contributed by atoms with Gasteiger partial charge in [0.2, 0.25) is 5.83 Å². The number of alkyl halides is 3. The molecule has 0 bridgehead atoms. The number of benzene rings is 1. The lowest BCUT2D eigenvalue weighted by atomic mass is 9.95. The summed E-state index contributed by atoms with van der Waals surface area (Å²) in [7, 11) is 1.07. The van der Waals surface area contributed by atoms with Gasteiger partial charge in [-0.2, -0.15) is 4.39 Å². The maximum atomic E-state index is 13.5. The highest BCUT2D eigenvalue weighted by molar-refractivity contribution is 5.86. The van der Waals surface area contributed by atoms with E-state index in [0.29, 0.717) is 18.4 Å². The molecule has 1 aromatic carbocycles. The summed E-state index contributed by atoms with van der Waals surface area (Å²) in [6.07, 6.45) is -2.39. The van der Waals surface area contributed by atoms with E-state index in [0.717, 1.165) is 25.3 Å². The molecular formula is C14H12F4O3. The van der Waals surface area contributed by atoms with Crippen molar-refractivity contribution in [3.05, 3.63) is 41.7 Å². The molecule has 0 N–H and O–H groups in total. The Morgan fingerprint density at radius 2 is 1.81 bits per heavy atom. The van der Waals surface area contributed by atoms with Crippen LogP contribution in [0.4, 0.5) is 17.6 Å². The fourth-order valence-corrected chi connectivity index (χ4v) is 2.04. The summed E-state index contributed by atoms with van der Waals surface area (Å²) in [4.78, 5) is 11.0. The second-order valence-electron chi connectivity index (χ2n) is 4.71. The third-order valence-corrected chi connectivity index (χ3v) is 3.23. The quantitative estimate of drug-likeness (QED) is 0.484. The van der Waals surface area contributed by atoms with Crippen LogP contribution in [0.15, 0.2) is 36.2 Å². The molecule has 2 rings (SSSR count). The molecule has 0 saturated heterocycles. The van der Waals surface area contributed by atoms with Crippen molar-refractivity contribution in [3.8, 4) is 5.75 Å². The number of rotatable bonds is 4. The molecule has 1 aliphatic carbocycles. The predicted molar refractivity (Wildman–Crippen MR) is 65.2 cm³/mol. The molecule has 0 amide bonds. The van der Waals surface area contributed by atoms with Gasteiger partial charge in [0.05, 0.1) is 7.11 Å². The highest BCUT2D eigenvalue weighted by atomic mass is 19.4. The van der Waals surface area contributed by atoms with Crippen molar-refractivity contribution >= 4 is 5.97 Å². The monoisotopic (exact) mass is 304 g/mol. The van der Waals surface area contributed by atoms with Crippen molar-refractivity contribution < 1.29 is 31.8 Å². The van der Waals surface area contributed by atoms with Crippen LogP contribution in [0.3, 0.4) is 0 Å². The van der Waals surface area contributed by atoms with E-state index in [1.807, 2.05) is 0 Å². The molecular weight excluding hydrogens is 292 g/mol. The number of halogens is 4. The molecule has 7 heteroatoms. The molecule has 1 fully saturated rings. The summed E-state index contributed by atoms with van der Waals surface area (Å²) in [6, 6.07) is 5.17. The van der Waals surface area contributed by atoms with Crippen molar-refractivity contribution in [1.29, 1.82) is 0 Å². The minimum Gasteiger partial charge on any atom is -0.464 e. The summed E-state index contributed by atoms with van der Waals surface area (Å²) in [5.41, 5.74) is -0.0363. The molecule has 0 atom stereocenters. The van der Waals surface area contributed by atoms with Crippen LogP contribution >= 0.6 is 0 Å². The maximum absolute atomic E-state index is 13.5. The van der Waals surface area contributed by atoms with E-state index in [4.69, 9.17) is 0 Å². The van der Waals surface area contributed by atoms with Crippen LogP contribution in [-0.2, 0) is 14.9 Å². The van der Waals surface area contributed by atoms with Gasteiger partial charge < -0.3 is 9.47 Å². The molecule has 114 valence electrons. The molecule has 0 unspecified atom stereocenters. The fourth-order valence-electron chi connectivity index (χ4n) is 2.04. The number of carbonyl (C=O) groups is 1. The third-order valence-electron chi connectivity index (χ3n) is 3.23. The summed E-state index contributed by atoms with van der Waals surface area (Å²) in [5.74, 6) is -2.43. The standard InChI is InChI=1S/C14H12F4O3/c1-20-12(19)11(15)8-13(6-7-13)9-2-4-10(5-3-9)21-14(16,17)18/h2-5,8H,6-7H2,1H3/b11-8-. The molecule has 1 aromatic rings. The van der Waals surface area contributed by atoms with Crippen LogP contribution in [0.5, 0.6) is 5.75 Å². The van der Waals surface area contributed by atoms with Crippen molar-refractivity contribution in [2.75, 3.05) is 7.11 Å². The van der Waals surface area contributed by atoms with Gasteiger partial charge in [-0.15, -0.1) is 13.2 Å². The predicted octanol–water partition coefficient (Wildman–Crippen LogP) is 3.64. The Hall–Kier alpha value is -2.05. The SMILES string of the molecule is COC(=O)/C(F)=C/C1(c2ccc(OC(F)(F)F)cc2)CC1.